The fourth-order valence-electron chi connectivity index (χ4n) is 4.01. The molecule has 2 N–H and O–H groups in total. The molecule has 0 fully saturated rings. The van der Waals surface area contributed by atoms with Crippen molar-refractivity contribution in [3.05, 3.63) is 95.6 Å². The van der Waals surface area contributed by atoms with Crippen LogP contribution in [0.15, 0.2) is 78.9 Å². The van der Waals surface area contributed by atoms with E-state index in [0.29, 0.717) is 6.54 Å². The second-order valence-electron chi connectivity index (χ2n) is 8.28. The maximum Gasteiger partial charge on any atom is 0.246 e. The van der Waals surface area contributed by atoms with Crippen molar-refractivity contribution in [2.24, 2.45) is 0 Å². The lowest BCUT2D eigenvalue weighted by atomic mass is 10.1. The Balaban J connectivity index is 1.35. The monoisotopic (exact) mass is 455 g/mol. The molecule has 6 heteroatoms. The number of methoxy groups -OCH3 is 1. The van der Waals surface area contributed by atoms with E-state index in [4.69, 9.17) is 4.74 Å². The molecule has 2 amide bonds. The summed E-state index contributed by atoms with van der Waals surface area (Å²) in [6.45, 7) is 3.33. The number of para-hydroxylation sites is 2. The zero-order valence-corrected chi connectivity index (χ0v) is 19.5. The summed E-state index contributed by atoms with van der Waals surface area (Å²) in [4.78, 5) is 27.4. The highest BCUT2D eigenvalue weighted by atomic mass is 16.5. The Hall–Kier alpha value is -4.06. The van der Waals surface area contributed by atoms with Gasteiger partial charge in [0.25, 0.3) is 0 Å². The summed E-state index contributed by atoms with van der Waals surface area (Å²) in [7, 11) is 1.61. The largest absolute Gasteiger partial charge is 0.497 e. The Morgan fingerprint density at radius 2 is 1.76 bits per heavy atom. The van der Waals surface area contributed by atoms with Crippen LogP contribution in [0.5, 0.6) is 5.75 Å². The Morgan fingerprint density at radius 1 is 1.03 bits per heavy atom. The van der Waals surface area contributed by atoms with Crippen LogP contribution >= 0.6 is 0 Å². The normalized spacial score (nSPS) is 13.4. The quantitative estimate of drug-likeness (QED) is 0.494. The number of carbonyl (C=O) groups excluding carboxylic acids is 2. The number of hydrogen-bond donors (Lipinski definition) is 2. The first-order chi connectivity index (χ1) is 16.5. The fourth-order valence-corrected chi connectivity index (χ4v) is 4.01. The van der Waals surface area contributed by atoms with Gasteiger partial charge >= 0.3 is 0 Å². The van der Waals surface area contributed by atoms with Crippen LogP contribution in [0.2, 0.25) is 0 Å². The molecule has 0 aromatic heterocycles. The third-order valence-corrected chi connectivity index (χ3v) is 5.91. The number of nitrogens with one attached hydrogen (secondary N) is 2. The van der Waals surface area contributed by atoms with Crippen molar-refractivity contribution < 1.29 is 14.3 Å². The van der Waals surface area contributed by atoms with E-state index in [9.17, 15) is 9.59 Å². The summed E-state index contributed by atoms with van der Waals surface area (Å²) in [6, 6.07) is 22.9. The minimum absolute atomic E-state index is 0.263. The van der Waals surface area contributed by atoms with Gasteiger partial charge in [-0.15, -0.1) is 0 Å². The van der Waals surface area contributed by atoms with E-state index in [1.54, 1.807) is 20.1 Å². The first-order valence-corrected chi connectivity index (χ1v) is 11.4. The summed E-state index contributed by atoms with van der Waals surface area (Å²) in [5.74, 6) is 0.155. The maximum absolute atomic E-state index is 12.8. The van der Waals surface area contributed by atoms with Gasteiger partial charge in [-0.2, -0.15) is 0 Å². The van der Waals surface area contributed by atoms with E-state index in [1.165, 1.54) is 17.3 Å². The van der Waals surface area contributed by atoms with Crippen LogP contribution in [0.25, 0.3) is 6.08 Å². The van der Waals surface area contributed by atoms with Gasteiger partial charge in [-0.25, -0.2) is 0 Å². The van der Waals surface area contributed by atoms with Crippen molar-refractivity contribution in [3.8, 4) is 5.75 Å². The number of carbonyl (C=O) groups is 2. The van der Waals surface area contributed by atoms with Gasteiger partial charge < -0.3 is 20.3 Å². The second kappa shape index (κ2) is 10.7. The Labute approximate surface area is 200 Å². The van der Waals surface area contributed by atoms with Gasteiger partial charge in [-0.1, -0.05) is 48.5 Å². The van der Waals surface area contributed by atoms with Crippen LogP contribution in [-0.2, 0) is 22.6 Å². The predicted molar refractivity (Wildman–Crippen MR) is 136 cm³/mol. The van der Waals surface area contributed by atoms with Crippen LogP contribution in [0.3, 0.4) is 0 Å². The molecule has 0 bridgehead atoms. The third-order valence-electron chi connectivity index (χ3n) is 5.91. The number of nitrogens with zero attached hydrogens (tertiary/aromatic N) is 1. The number of hydrogen-bond acceptors (Lipinski definition) is 4. The number of amides is 2. The number of ether oxygens (including phenoxy) is 1. The highest BCUT2D eigenvalue weighted by molar-refractivity contribution is 6.00. The van der Waals surface area contributed by atoms with Crippen LogP contribution in [-0.4, -0.2) is 31.5 Å². The van der Waals surface area contributed by atoms with Gasteiger partial charge in [0.1, 0.15) is 11.8 Å². The molecule has 0 saturated heterocycles. The summed E-state index contributed by atoms with van der Waals surface area (Å²) in [5, 5.41) is 5.71. The summed E-state index contributed by atoms with van der Waals surface area (Å²) in [6.07, 6.45) is 4.14. The first kappa shape index (κ1) is 23.1. The molecule has 4 rings (SSSR count). The molecule has 174 valence electrons. The molecule has 0 aliphatic carbocycles. The molecule has 6 nitrogen and oxygen atoms in total. The minimum Gasteiger partial charge on any atom is -0.497 e. The number of fused-ring (bicyclic) bond motifs is 1. The van der Waals surface area contributed by atoms with Crippen LogP contribution < -0.4 is 20.3 Å². The predicted octanol–water partition coefficient (Wildman–Crippen LogP) is 4.41. The molecule has 0 spiro atoms. The van der Waals surface area contributed by atoms with Crippen LogP contribution in [0.1, 0.15) is 23.6 Å². The molecule has 1 aliphatic heterocycles. The first-order valence-electron chi connectivity index (χ1n) is 11.4. The highest BCUT2D eigenvalue weighted by Gasteiger charge is 2.20. The topological polar surface area (TPSA) is 70.7 Å². The molecule has 1 atom stereocenters. The second-order valence-corrected chi connectivity index (χ2v) is 8.28. The van der Waals surface area contributed by atoms with E-state index < -0.39 is 6.04 Å². The number of anilines is 2. The zero-order chi connectivity index (χ0) is 23.9. The van der Waals surface area contributed by atoms with Crippen molar-refractivity contribution >= 4 is 29.3 Å². The molecular formula is C28H29N3O3. The average Bonchev–Trinajstić information content (AvgIpc) is 3.27. The number of benzene rings is 3. The van der Waals surface area contributed by atoms with Crippen molar-refractivity contribution in [2.75, 3.05) is 23.9 Å². The Bertz CT molecular complexity index is 1190. The van der Waals surface area contributed by atoms with Crippen LogP contribution in [0.4, 0.5) is 11.4 Å². The van der Waals surface area contributed by atoms with Gasteiger partial charge in [-0.3, -0.25) is 9.59 Å². The van der Waals surface area contributed by atoms with E-state index >= 15 is 0 Å². The molecule has 1 aliphatic rings. The van der Waals surface area contributed by atoms with E-state index in [2.05, 4.69) is 39.8 Å². The van der Waals surface area contributed by atoms with Gasteiger partial charge in [0.15, 0.2) is 0 Å². The Kier molecular flexibility index (Phi) is 7.28. The SMILES string of the molecule is COc1ccc(/C=C/C(=O)NC(C)C(=O)Nc2ccccc2CN2CCc3ccccc32)cc1. The Morgan fingerprint density at radius 3 is 2.56 bits per heavy atom. The molecule has 34 heavy (non-hydrogen) atoms. The standard InChI is InChI=1S/C28H29N3O3/c1-20(29-27(32)16-13-21-11-14-24(34-2)15-12-21)28(33)30-25-9-5-3-8-23(25)19-31-18-17-22-7-4-6-10-26(22)31/h3-16,20H,17-19H2,1-2H3,(H,29,32)(H,30,33)/b16-13+. The molecule has 3 aromatic carbocycles. The van der Waals surface area contributed by atoms with Crippen molar-refractivity contribution in [3.63, 3.8) is 0 Å². The molecule has 1 unspecified atom stereocenters. The van der Waals surface area contributed by atoms with Crippen molar-refractivity contribution in [1.29, 1.82) is 0 Å². The average molecular weight is 456 g/mol. The van der Waals surface area contributed by atoms with Gasteiger partial charge in [0.05, 0.1) is 7.11 Å². The van der Waals surface area contributed by atoms with Gasteiger partial charge in [0.2, 0.25) is 11.8 Å². The highest BCUT2D eigenvalue weighted by Crippen LogP contribution is 2.30. The van der Waals surface area contributed by atoms with Gasteiger partial charge in [-0.05, 0) is 60.4 Å². The van der Waals surface area contributed by atoms with Crippen molar-refractivity contribution in [1.82, 2.24) is 5.32 Å². The molecule has 3 aromatic rings. The van der Waals surface area contributed by atoms with E-state index in [-0.39, 0.29) is 11.8 Å². The third kappa shape index (κ3) is 5.64. The lowest BCUT2D eigenvalue weighted by Gasteiger charge is -2.22. The molecule has 1 heterocycles. The lowest BCUT2D eigenvalue weighted by molar-refractivity contribution is -0.123. The number of rotatable bonds is 8. The summed E-state index contributed by atoms with van der Waals surface area (Å²) < 4.78 is 5.13. The molecular weight excluding hydrogens is 426 g/mol. The summed E-state index contributed by atoms with van der Waals surface area (Å²) in [5.41, 5.74) is 5.25. The lowest BCUT2D eigenvalue weighted by Crippen LogP contribution is -2.41. The van der Waals surface area contributed by atoms with Crippen molar-refractivity contribution in [2.45, 2.75) is 25.9 Å². The maximum atomic E-state index is 12.8. The fraction of sp³-hybridized carbons (Fsp3) is 0.214. The molecule has 0 radical (unpaired) electrons. The van der Waals surface area contributed by atoms with Gasteiger partial charge in [0, 0.05) is 30.5 Å². The molecule has 0 saturated carbocycles. The van der Waals surface area contributed by atoms with E-state index in [1.807, 2.05) is 48.5 Å². The minimum atomic E-state index is -0.686. The summed E-state index contributed by atoms with van der Waals surface area (Å²) >= 11 is 0. The smallest absolute Gasteiger partial charge is 0.246 e. The zero-order valence-electron chi connectivity index (χ0n) is 19.5. The van der Waals surface area contributed by atoms with Crippen LogP contribution in [0, 0.1) is 0 Å². The van der Waals surface area contributed by atoms with E-state index in [0.717, 1.165) is 35.5 Å².